The van der Waals surface area contributed by atoms with Gasteiger partial charge < -0.3 is 10.1 Å². The van der Waals surface area contributed by atoms with Gasteiger partial charge >= 0.3 is 0 Å². The van der Waals surface area contributed by atoms with E-state index in [1.54, 1.807) is 0 Å². The van der Waals surface area contributed by atoms with E-state index in [9.17, 15) is 0 Å². The Morgan fingerprint density at radius 1 is 1.00 bits per heavy atom. The molecule has 1 aliphatic rings. The lowest BCUT2D eigenvalue weighted by Gasteiger charge is -2.26. The molecule has 21 heavy (non-hydrogen) atoms. The molecule has 0 aromatic heterocycles. The molecule has 1 N–H and O–H groups in total. The number of fused-ring (bicyclic) bond motifs is 1. The summed E-state index contributed by atoms with van der Waals surface area (Å²) in [4.78, 5) is 0. The lowest BCUT2D eigenvalue weighted by Crippen LogP contribution is -2.30. The number of nitrogens with one attached hydrogen (secondary N) is 1. The van der Waals surface area contributed by atoms with Crippen molar-refractivity contribution in [3.05, 3.63) is 29.8 Å². The van der Waals surface area contributed by atoms with Crippen molar-refractivity contribution in [2.24, 2.45) is 0 Å². The predicted molar refractivity (Wildman–Crippen MR) is 91.0 cm³/mol. The summed E-state index contributed by atoms with van der Waals surface area (Å²) in [6.45, 7) is 4.15. The molecular formula is C19H31NO. The average Bonchev–Trinajstić information content (AvgIpc) is 2.53. The highest BCUT2D eigenvalue weighted by Crippen LogP contribution is 2.22. The SMILES string of the molecule is CCCCCCCCCCOC1CNc2ccccc2C1. The third-order valence-electron chi connectivity index (χ3n) is 4.34. The first-order valence-corrected chi connectivity index (χ1v) is 8.83. The van der Waals surface area contributed by atoms with Crippen LogP contribution in [0.4, 0.5) is 5.69 Å². The molecule has 0 fully saturated rings. The van der Waals surface area contributed by atoms with Gasteiger partial charge in [0, 0.05) is 25.3 Å². The molecule has 0 saturated carbocycles. The fraction of sp³-hybridized carbons (Fsp3) is 0.684. The van der Waals surface area contributed by atoms with Crippen LogP contribution in [0.15, 0.2) is 24.3 Å². The first kappa shape index (κ1) is 16.4. The minimum atomic E-state index is 0.351. The number of hydrogen-bond acceptors (Lipinski definition) is 2. The van der Waals surface area contributed by atoms with Gasteiger partial charge in [0.15, 0.2) is 0 Å². The second kappa shape index (κ2) is 9.83. The molecule has 1 aromatic rings. The maximum Gasteiger partial charge on any atom is 0.0788 e. The summed E-state index contributed by atoms with van der Waals surface area (Å²) in [5.74, 6) is 0. The van der Waals surface area contributed by atoms with E-state index in [4.69, 9.17) is 4.74 Å². The van der Waals surface area contributed by atoms with E-state index in [0.717, 1.165) is 19.6 Å². The highest BCUT2D eigenvalue weighted by molar-refractivity contribution is 5.53. The van der Waals surface area contributed by atoms with E-state index >= 15 is 0 Å². The highest BCUT2D eigenvalue weighted by atomic mass is 16.5. The molecule has 118 valence electrons. The Morgan fingerprint density at radius 3 is 2.52 bits per heavy atom. The van der Waals surface area contributed by atoms with E-state index in [2.05, 4.69) is 36.5 Å². The van der Waals surface area contributed by atoms with Crippen LogP contribution in [0.25, 0.3) is 0 Å². The second-order valence-corrected chi connectivity index (χ2v) is 6.21. The van der Waals surface area contributed by atoms with Crippen molar-refractivity contribution in [1.82, 2.24) is 0 Å². The van der Waals surface area contributed by atoms with E-state index in [0.29, 0.717) is 6.10 Å². The van der Waals surface area contributed by atoms with Gasteiger partial charge in [-0.2, -0.15) is 0 Å². The van der Waals surface area contributed by atoms with Crippen molar-refractivity contribution in [1.29, 1.82) is 0 Å². The van der Waals surface area contributed by atoms with Crippen LogP contribution in [-0.2, 0) is 11.2 Å². The minimum absolute atomic E-state index is 0.351. The normalized spacial score (nSPS) is 17.3. The smallest absolute Gasteiger partial charge is 0.0788 e. The Bertz CT molecular complexity index is 391. The molecular weight excluding hydrogens is 258 g/mol. The van der Waals surface area contributed by atoms with Crippen molar-refractivity contribution in [2.45, 2.75) is 70.8 Å². The second-order valence-electron chi connectivity index (χ2n) is 6.21. The Hall–Kier alpha value is -1.02. The Morgan fingerprint density at radius 2 is 1.71 bits per heavy atom. The van der Waals surface area contributed by atoms with Crippen LogP contribution < -0.4 is 5.32 Å². The highest BCUT2D eigenvalue weighted by Gasteiger charge is 2.17. The molecule has 2 heteroatoms. The zero-order valence-electron chi connectivity index (χ0n) is 13.6. The summed E-state index contributed by atoms with van der Waals surface area (Å²) in [5.41, 5.74) is 2.68. The van der Waals surface area contributed by atoms with Gasteiger partial charge in [-0.25, -0.2) is 0 Å². The van der Waals surface area contributed by atoms with Gasteiger partial charge in [-0.1, -0.05) is 70.1 Å². The van der Waals surface area contributed by atoms with Crippen molar-refractivity contribution in [2.75, 3.05) is 18.5 Å². The lowest BCUT2D eigenvalue weighted by atomic mass is 10.0. The number of rotatable bonds is 10. The first-order chi connectivity index (χ1) is 10.4. The Balaban J connectivity index is 1.49. The van der Waals surface area contributed by atoms with E-state index in [1.165, 1.54) is 62.6 Å². The number of para-hydroxylation sites is 1. The molecule has 0 saturated heterocycles. The third-order valence-corrected chi connectivity index (χ3v) is 4.34. The van der Waals surface area contributed by atoms with Gasteiger partial charge in [0.2, 0.25) is 0 Å². The fourth-order valence-corrected chi connectivity index (χ4v) is 3.02. The average molecular weight is 289 g/mol. The molecule has 0 bridgehead atoms. The first-order valence-electron chi connectivity index (χ1n) is 8.83. The summed E-state index contributed by atoms with van der Waals surface area (Å²) in [7, 11) is 0. The van der Waals surface area contributed by atoms with Crippen LogP contribution in [-0.4, -0.2) is 19.3 Å². The van der Waals surface area contributed by atoms with Crippen LogP contribution in [0.1, 0.15) is 63.9 Å². The Labute approximate surface area is 130 Å². The summed E-state index contributed by atoms with van der Waals surface area (Å²) in [6.07, 6.45) is 12.3. The van der Waals surface area contributed by atoms with Gasteiger partial charge in [-0.3, -0.25) is 0 Å². The van der Waals surface area contributed by atoms with Crippen LogP contribution in [0, 0.1) is 0 Å². The zero-order chi connectivity index (χ0) is 14.8. The van der Waals surface area contributed by atoms with Crippen LogP contribution >= 0.6 is 0 Å². The minimum Gasteiger partial charge on any atom is -0.382 e. The molecule has 1 aliphatic heterocycles. The van der Waals surface area contributed by atoms with Gasteiger partial charge in [-0.15, -0.1) is 0 Å². The molecule has 0 spiro atoms. The molecule has 2 nitrogen and oxygen atoms in total. The predicted octanol–water partition coefficient (Wildman–Crippen LogP) is 5.18. The molecule has 1 aromatic carbocycles. The number of hydrogen-bond donors (Lipinski definition) is 1. The summed E-state index contributed by atoms with van der Waals surface area (Å²) in [5, 5.41) is 3.47. The quantitative estimate of drug-likeness (QED) is 0.599. The van der Waals surface area contributed by atoms with Gasteiger partial charge in [0.25, 0.3) is 0 Å². The van der Waals surface area contributed by atoms with Crippen molar-refractivity contribution in [3.8, 4) is 0 Å². The standard InChI is InChI=1S/C19H31NO/c1-2-3-4-5-6-7-8-11-14-21-18-15-17-12-9-10-13-19(17)20-16-18/h9-10,12-13,18,20H,2-8,11,14-16H2,1H3. The largest absolute Gasteiger partial charge is 0.382 e. The maximum absolute atomic E-state index is 6.02. The van der Waals surface area contributed by atoms with E-state index in [-0.39, 0.29) is 0 Å². The number of benzene rings is 1. The third kappa shape index (κ3) is 6.09. The summed E-state index contributed by atoms with van der Waals surface area (Å²) < 4.78 is 6.02. The van der Waals surface area contributed by atoms with Crippen LogP contribution in [0.2, 0.25) is 0 Å². The van der Waals surface area contributed by atoms with Gasteiger partial charge in [0.1, 0.15) is 0 Å². The number of anilines is 1. The number of unbranched alkanes of at least 4 members (excludes halogenated alkanes) is 7. The zero-order valence-corrected chi connectivity index (χ0v) is 13.6. The summed E-state index contributed by atoms with van der Waals surface area (Å²) in [6, 6.07) is 8.56. The van der Waals surface area contributed by atoms with Crippen molar-refractivity contribution < 1.29 is 4.74 Å². The van der Waals surface area contributed by atoms with Gasteiger partial charge in [0.05, 0.1) is 6.10 Å². The Kier molecular flexibility index (Phi) is 7.66. The van der Waals surface area contributed by atoms with E-state index < -0.39 is 0 Å². The molecule has 1 heterocycles. The van der Waals surface area contributed by atoms with Crippen LogP contribution in [0.3, 0.4) is 0 Å². The topological polar surface area (TPSA) is 21.3 Å². The molecule has 0 aliphatic carbocycles. The molecule has 2 rings (SSSR count). The molecule has 1 atom stereocenters. The fourth-order valence-electron chi connectivity index (χ4n) is 3.02. The monoisotopic (exact) mass is 289 g/mol. The number of ether oxygens (including phenoxy) is 1. The van der Waals surface area contributed by atoms with Gasteiger partial charge in [-0.05, 0) is 18.1 Å². The van der Waals surface area contributed by atoms with Crippen molar-refractivity contribution in [3.63, 3.8) is 0 Å². The summed E-state index contributed by atoms with van der Waals surface area (Å²) >= 11 is 0. The van der Waals surface area contributed by atoms with E-state index in [1.807, 2.05) is 0 Å². The molecule has 0 radical (unpaired) electrons. The van der Waals surface area contributed by atoms with Crippen LogP contribution in [0.5, 0.6) is 0 Å². The molecule has 1 unspecified atom stereocenters. The molecule has 0 amide bonds. The lowest BCUT2D eigenvalue weighted by molar-refractivity contribution is 0.0575. The maximum atomic E-state index is 6.02. The van der Waals surface area contributed by atoms with Crippen molar-refractivity contribution >= 4 is 5.69 Å².